The van der Waals surface area contributed by atoms with Crippen molar-refractivity contribution < 1.29 is 0 Å². The van der Waals surface area contributed by atoms with Gasteiger partial charge in [0, 0.05) is 30.3 Å². The van der Waals surface area contributed by atoms with E-state index in [-0.39, 0.29) is 0 Å². The SMILES string of the molecule is Cc1cccc(N(Cc2cn3cccnc3n2)C2CCCCC2)c1. The molecule has 1 aliphatic rings. The minimum Gasteiger partial charge on any atom is -0.363 e. The van der Waals surface area contributed by atoms with Gasteiger partial charge < -0.3 is 4.90 Å². The van der Waals surface area contributed by atoms with E-state index in [1.807, 2.05) is 16.7 Å². The Bertz CT molecular complexity index is 784. The Morgan fingerprint density at radius 2 is 2.04 bits per heavy atom. The van der Waals surface area contributed by atoms with E-state index in [2.05, 4.69) is 47.3 Å². The van der Waals surface area contributed by atoms with Gasteiger partial charge in [0.2, 0.25) is 5.78 Å². The summed E-state index contributed by atoms with van der Waals surface area (Å²) < 4.78 is 2.00. The van der Waals surface area contributed by atoms with Gasteiger partial charge in [0.05, 0.1) is 12.2 Å². The second-order valence-electron chi connectivity index (χ2n) is 6.82. The van der Waals surface area contributed by atoms with Crippen molar-refractivity contribution in [3.8, 4) is 0 Å². The number of hydrogen-bond acceptors (Lipinski definition) is 3. The molecule has 0 radical (unpaired) electrons. The first-order valence-corrected chi connectivity index (χ1v) is 8.91. The van der Waals surface area contributed by atoms with Crippen molar-refractivity contribution in [2.24, 2.45) is 0 Å². The van der Waals surface area contributed by atoms with E-state index in [9.17, 15) is 0 Å². The topological polar surface area (TPSA) is 33.4 Å². The highest BCUT2D eigenvalue weighted by Crippen LogP contribution is 2.29. The number of anilines is 1. The van der Waals surface area contributed by atoms with Crippen LogP contribution >= 0.6 is 0 Å². The first-order chi connectivity index (χ1) is 11.8. The van der Waals surface area contributed by atoms with E-state index >= 15 is 0 Å². The van der Waals surface area contributed by atoms with Crippen LogP contribution < -0.4 is 4.90 Å². The van der Waals surface area contributed by atoms with Crippen LogP contribution in [0, 0.1) is 6.92 Å². The van der Waals surface area contributed by atoms with Gasteiger partial charge in [-0.1, -0.05) is 31.4 Å². The van der Waals surface area contributed by atoms with Crippen molar-refractivity contribution in [3.05, 3.63) is 60.2 Å². The van der Waals surface area contributed by atoms with E-state index in [0.717, 1.165) is 18.0 Å². The molecule has 0 amide bonds. The molecule has 0 spiro atoms. The van der Waals surface area contributed by atoms with E-state index in [1.54, 1.807) is 6.20 Å². The van der Waals surface area contributed by atoms with Gasteiger partial charge in [-0.05, 0) is 43.5 Å². The van der Waals surface area contributed by atoms with Crippen molar-refractivity contribution >= 4 is 11.5 Å². The molecule has 4 nitrogen and oxygen atoms in total. The van der Waals surface area contributed by atoms with Gasteiger partial charge >= 0.3 is 0 Å². The van der Waals surface area contributed by atoms with E-state index in [1.165, 1.54) is 43.4 Å². The molecule has 1 saturated carbocycles. The molecule has 2 heterocycles. The number of benzene rings is 1. The molecule has 0 bridgehead atoms. The molecule has 0 atom stereocenters. The van der Waals surface area contributed by atoms with Crippen LogP contribution in [0.4, 0.5) is 5.69 Å². The first-order valence-electron chi connectivity index (χ1n) is 8.91. The van der Waals surface area contributed by atoms with Gasteiger partial charge in [-0.25, -0.2) is 9.97 Å². The third-order valence-electron chi connectivity index (χ3n) is 4.97. The lowest BCUT2D eigenvalue weighted by atomic mass is 9.93. The highest BCUT2D eigenvalue weighted by molar-refractivity contribution is 5.50. The summed E-state index contributed by atoms with van der Waals surface area (Å²) in [4.78, 5) is 11.6. The third-order valence-corrected chi connectivity index (χ3v) is 4.97. The summed E-state index contributed by atoms with van der Waals surface area (Å²) in [6.45, 7) is 3.01. The molecule has 124 valence electrons. The van der Waals surface area contributed by atoms with Gasteiger partial charge in [0.1, 0.15) is 0 Å². The van der Waals surface area contributed by atoms with E-state index in [0.29, 0.717) is 6.04 Å². The zero-order valence-corrected chi connectivity index (χ0v) is 14.2. The molecule has 0 aliphatic heterocycles. The van der Waals surface area contributed by atoms with Crippen molar-refractivity contribution in [3.63, 3.8) is 0 Å². The van der Waals surface area contributed by atoms with Gasteiger partial charge in [0.15, 0.2) is 0 Å². The maximum absolute atomic E-state index is 4.71. The van der Waals surface area contributed by atoms with Gasteiger partial charge in [-0.3, -0.25) is 4.40 Å². The summed E-state index contributed by atoms with van der Waals surface area (Å²) in [7, 11) is 0. The molecule has 1 fully saturated rings. The quantitative estimate of drug-likeness (QED) is 0.715. The third kappa shape index (κ3) is 3.14. The predicted molar refractivity (Wildman–Crippen MR) is 97.2 cm³/mol. The predicted octanol–water partition coefficient (Wildman–Crippen LogP) is 4.38. The Balaban J connectivity index is 1.66. The second kappa shape index (κ2) is 6.63. The minimum absolute atomic E-state index is 0.610. The van der Waals surface area contributed by atoms with Crippen LogP contribution in [-0.2, 0) is 6.54 Å². The Morgan fingerprint density at radius 3 is 2.83 bits per heavy atom. The van der Waals surface area contributed by atoms with Crippen molar-refractivity contribution in [1.29, 1.82) is 0 Å². The summed E-state index contributed by atoms with van der Waals surface area (Å²) in [5, 5.41) is 0. The lowest BCUT2D eigenvalue weighted by molar-refractivity contribution is 0.412. The average molecular weight is 320 g/mol. The maximum Gasteiger partial charge on any atom is 0.233 e. The zero-order valence-electron chi connectivity index (χ0n) is 14.2. The molecule has 4 rings (SSSR count). The van der Waals surface area contributed by atoms with Crippen molar-refractivity contribution in [2.45, 2.75) is 51.6 Å². The van der Waals surface area contributed by atoms with Crippen LogP contribution in [0.2, 0.25) is 0 Å². The molecule has 2 aromatic heterocycles. The van der Waals surface area contributed by atoms with Crippen molar-refractivity contribution in [2.75, 3.05) is 4.90 Å². The fourth-order valence-electron chi connectivity index (χ4n) is 3.76. The summed E-state index contributed by atoms with van der Waals surface area (Å²) in [5.41, 5.74) is 3.71. The Hall–Kier alpha value is -2.36. The monoisotopic (exact) mass is 320 g/mol. The van der Waals surface area contributed by atoms with Crippen LogP contribution in [0.1, 0.15) is 43.4 Å². The van der Waals surface area contributed by atoms with Crippen LogP contribution in [0.25, 0.3) is 5.78 Å². The fraction of sp³-hybridized carbons (Fsp3) is 0.400. The Labute approximate surface area is 143 Å². The maximum atomic E-state index is 4.71. The standard InChI is InChI=1S/C20H24N4/c1-16-7-5-10-19(13-16)24(18-8-3-2-4-9-18)15-17-14-23-12-6-11-21-20(23)22-17/h5-7,10-14,18H,2-4,8-9,15H2,1H3. The van der Waals surface area contributed by atoms with Gasteiger partial charge in [-0.15, -0.1) is 0 Å². The molecule has 1 aliphatic carbocycles. The minimum atomic E-state index is 0.610. The molecule has 0 N–H and O–H groups in total. The lowest BCUT2D eigenvalue weighted by Gasteiger charge is -2.36. The van der Waals surface area contributed by atoms with Crippen LogP contribution in [0.5, 0.6) is 0 Å². The average Bonchev–Trinajstić information content (AvgIpc) is 3.03. The fourth-order valence-corrected chi connectivity index (χ4v) is 3.76. The molecule has 4 heteroatoms. The lowest BCUT2D eigenvalue weighted by Crippen LogP contribution is -2.36. The molecular formula is C20H24N4. The molecular weight excluding hydrogens is 296 g/mol. The highest BCUT2D eigenvalue weighted by atomic mass is 15.2. The molecule has 24 heavy (non-hydrogen) atoms. The molecule has 0 saturated heterocycles. The largest absolute Gasteiger partial charge is 0.363 e. The number of rotatable bonds is 4. The van der Waals surface area contributed by atoms with Gasteiger partial charge in [-0.2, -0.15) is 0 Å². The summed E-state index contributed by atoms with van der Waals surface area (Å²) in [6, 6.07) is 11.4. The number of aryl methyl sites for hydroxylation is 1. The molecule has 1 aromatic carbocycles. The van der Waals surface area contributed by atoms with Crippen LogP contribution in [-0.4, -0.2) is 20.4 Å². The Morgan fingerprint density at radius 1 is 1.17 bits per heavy atom. The van der Waals surface area contributed by atoms with E-state index in [4.69, 9.17) is 4.98 Å². The smallest absolute Gasteiger partial charge is 0.233 e. The zero-order chi connectivity index (χ0) is 16.4. The Kier molecular flexibility index (Phi) is 4.20. The van der Waals surface area contributed by atoms with Gasteiger partial charge in [0.25, 0.3) is 0 Å². The molecule has 0 unspecified atom stereocenters. The number of aromatic nitrogens is 3. The number of hydrogen-bond donors (Lipinski definition) is 0. The normalized spacial score (nSPS) is 15.7. The molecule has 3 aromatic rings. The first kappa shape index (κ1) is 15.2. The highest BCUT2D eigenvalue weighted by Gasteiger charge is 2.22. The summed E-state index contributed by atoms with van der Waals surface area (Å²) in [6.07, 6.45) is 12.5. The number of nitrogens with zero attached hydrogens (tertiary/aromatic N) is 4. The number of fused-ring (bicyclic) bond motifs is 1. The summed E-state index contributed by atoms with van der Waals surface area (Å²) in [5.74, 6) is 0.778. The van der Waals surface area contributed by atoms with E-state index < -0.39 is 0 Å². The van der Waals surface area contributed by atoms with Crippen LogP contribution in [0.15, 0.2) is 48.9 Å². The summed E-state index contributed by atoms with van der Waals surface area (Å²) >= 11 is 0. The van der Waals surface area contributed by atoms with Crippen LogP contribution in [0.3, 0.4) is 0 Å². The second-order valence-corrected chi connectivity index (χ2v) is 6.82. The number of imidazole rings is 1. The van der Waals surface area contributed by atoms with Crippen molar-refractivity contribution in [1.82, 2.24) is 14.4 Å².